The van der Waals surface area contributed by atoms with Crippen LogP contribution >= 0.6 is 0 Å². The Kier molecular flexibility index (Phi) is 3.62. The van der Waals surface area contributed by atoms with E-state index in [1.807, 2.05) is 13.8 Å². The summed E-state index contributed by atoms with van der Waals surface area (Å²) in [7, 11) is -1.76. The maximum Gasteiger partial charge on any atom is 0.490 e. The molecule has 3 N–H and O–H groups in total. The van der Waals surface area contributed by atoms with Crippen molar-refractivity contribution in [2.45, 2.75) is 39.2 Å². The SMILES string of the molecule is CC(C)c1c(C(C)(C)O)nc2c(F)cc(B(O)O)cn12. The lowest BCUT2D eigenvalue weighted by atomic mass is 9.81. The van der Waals surface area contributed by atoms with E-state index < -0.39 is 18.5 Å². The number of aromatic nitrogens is 2. The molecule has 2 heterocycles. The molecule has 108 valence electrons. The Hall–Kier alpha value is -1.44. The van der Waals surface area contributed by atoms with Gasteiger partial charge in [0.25, 0.3) is 0 Å². The number of fused-ring (bicyclic) bond motifs is 1. The summed E-state index contributed by atoms with van der Waals surface area (Å²) in [5.41, 5.74) is -0.0764. The van der Waals surface area contributed by atoms with E-state index in [0.29, 0.717) is 11.4 Å². The molecule has 0 fully saturated rings. The zero-order chi connectivity index (χ0) is 15.2. The van der Waals surface area contributed by atoms with Crippen LogP contribution in [0.15, 0.2) is 12.3 Å². The molecule has 2 rings (SSSR count). The molecule has 0 aliphatic rings. The van der Waals surface area contributed by atoms with E-state index in [0.717, 1.165) is 6.07 Å². The average molecular weight is 280 g/mol. The van der Waals surface area contributed by atoms with Crippen molar-refractivity contribution in [1.29, 1.82) is 0 Å². The molecule has 0 saturated heterocycles. The minimum Gasteiger partial charge on any atom is -0.423 e. The van der Waals surface area contributed by atoms with E-state index >= 15 is 0 Å². The van der Waals surface area contributed by atoms with Crippen molar-refractivity contribution in [1.82, 2.24) is 9.38 Å². The average Bonchev–Trinajstić information content (AvgIpc) is 2.68. The summed E-state index contributed by atoms with van der Waals surface area (Å²) < 4.78 is 15.5. The second-order valence-corrected chi connectivity index (χ2v) is 5.75. The first-order valence-electron chi connectivity index (χ1n) is 6.43. The number of imidazole rings is 1. The summed E-state index contributed by atoms with van der Waals surface area (Å²) in [5, 5.41) is 28.6. The van der Waals surface area contributed by atoms with Gasteiger partial charge in [0.05, 0.1) is 11.4 Å². The number of pyridine rings is 1. The quantitative estimate of drug-likeness (QED) is 0.716. The fourth-order valence-electron chi connectivity index (χ4n) is 2.28. The Morgan fingerprint density at radius 3 is 2.40 bits per heavy atom. The fraction of sp³-hybridized carbons (Fsp3) is 0.462. The molecule has 2 aromatic rings. The molecule has 0 atom stereocenters. The smallest absolute Gasteiger partial charge is 0.423 e. The van der Waals surface area contributed by atoms with E-state index in [1.165, 1.54) is 10.6 Å². The molecule has 0 unspecified atom stereocenters. The van der Waals surface area contributed by atoms with E-state index in [-0.39, 0.29) is 17.0 Å². The van der Waals surface area contributed by atoms with Gasteiger partial charge < -0.3 is 19.6 Å². The first-order chi connectivity index (χ1) is 9.12. The van der Waals surface area contributed by atoms with Crippen LogP contribution in [0.5, 0.6) is 0 Å². The molecule has 0 radical (unpaired) electrons. The molecule has 7 heteroatoms. The Morgan fingerprint density at radius 2 is 1.95 bits per heavy atom. The van der Waals surface area contributed by atoms with E-state index in [9.17, 15) is 19.5 Å². The summed E-state index contributed by atoms with van der Waals surface area (Å²) in [4.78, 5) is 4.18. The maximum absolute atomic E-state index is 14.1. The molecule has 0 spiro atoms. The van der Waals surface area contributed by atoms with Crippen LogP contribution in [0.1, 0.15) is 45.0 Å². The second-order valence-electron chi connectivity index (χ2n) is 5.75. The number of hydrogen-bond donors (Lipinski definition) is 3. The topological polar surface area (TPSA) is 78.0 Å². The van der Waals surface area contributed by atoms with Crippen molar-refractivity contribution in [3.8, 4) is 0 Å². The molecule has 0 aliphatic carbocycles. The zero-order valence-corrected chi connectivity index (χ0v) is 11.9. The lowest BCUT2D eigenvalue weighted by Crippen LogP contribution is -2.31. The zero-order valence-electron chi connectivity index (χ0n) is 11.9. The summed E-state index contributed by atoms with van der Waals surface area (Å²) in [6.07, 6.45) is 1.43. The van der Waals surface area contributed by atoms with Gasteiger partial charge in [-0.25, -0.2) is 9.37 Å². The van der Waals surface area contributed by atoms with Gasteiger partial charge in [-0.05, 0) is 25.8 Å². The predicted octanol–water partition coefficient (Wildman–Crippen LogP) is 0.504. The van der Waals surface area contributed by atoms with E-state index in [1.54, 1.807) is 13.8 Å². The van der Waals surface area contributed by atoms with Crippen molar-refractivity contribution in [3.63, 3.8) is 0 Å². The van der Waals surface area contributed by atoms with Crippen molar-refractivity contribution >= 4 is 18.2 Å². The Labute approximate surface area is 116 Å². The van der Waals surface area contributed by atoms with Crippen molar-refractivity contribution < 1.29 is 19.5 Å². The van der Waals surface area contributed by atoms with Gasteiger partial charge in [0.2, 0.25) is 0 Å². The minimum absolute atomic E-state index is 0.0167. The Morgan fingerprint density at radius 1 is 1.35 bits per heavy atom. The molecule has 5 nitrogen and oxygen atoms in total. The number of rotatable bonds is 3. The first kappa shape index (κ1) is 15.0. The molecule has 2 aromatic heterocycles. The van der Waals surface area contributed by atoms with Gasteiger partial charge in [0.15, 0.2) is 11.5 Å². The molecular weight excluding hydrogens is 262 g/mol. The molecule has 0 aromatic carbocycles. The highest BCUT2D eigenvalue weighted by molar-refractivity contribution is 6.58. The first-order valence-corrected chi connectivity index (χ1v) is 6.43. The third-order valence-corrected chi connectivity index (χ3v) is 3.16. The molecule has 0 bridgehead atoms. The highest BCUT2D eigenvalue weighted by Gasteiger charge is 2.29. The van der Waals surface area contributed by atoms with Gasteiger partial charge in [0, 0.05) is 11.7 Å². The van der Waals surface area contributed by atoms with Crippen LogP contribution < -0.4 is 5.46 Å². The van der Waals surface area contributed by atoms with Gasteiger partial charge in [-0.3, -0.25) is 0 Å². The lowest BCUT2D eigenvalue weighted by molar-refractivity contribution is 0.0730. The number of halogens is 1. The summed E-state index contributed by atoms with van der Waals surface area (Å²) in [6.45, 7) is 6.97. The van der Waals surface area contributed by atoms with Crippen LogP contribution in [0.2, 0.25) is 0 Å². The minimum atomic E-state index is -1.76. The number of aliphatic hydroxyl groups is 1. The van der Waals surface area contributed by atoms with Crippen LogP contribution in [-0.2, 0) is 5.60 Å². The Bertz CT molecular complexity index is 647. The molecule has 0 aliphatic heterocycles. The van der Waals surface area contributed by atoms with Crippen LogP contribution in [0, 0.1) is 5.82 Å². The standard InChI is InChI=1S/C13H18BFN2O3/c1-7(2)10-11(13(3,4)18)16-12-9(15)5-8(14(19)20)6-17(10)12/h5-7,18-20H,1-4H3. The van der Waals surface area contributed by atoms with Crippen LogP contribution in [-0.4, -0.2) is 31.7 Å². The molecule has 0 amide bonds. The van der Waals surface area contributed by atoms with Crippen molar-refractivity contribution in [3.05, 3.63) is 29.5 Å². The normalized spacial score (nSPS) is 12.4. The van der Waals surface area contributed by atoms with Gasteiger partial charge in [0.1, 0.15) is 5.60 Å². The monoisotopic (exact) mass is 280 g/mol. The maximum atomic E-state index is 14.1. The van der Waals surface area contributed by atoms with Crippen LogP contribution in [0.3, 0.4) is 0 Å². The van der Waals surface area contributed by atoms with Crippen molar-refractivity contribution in [2.75, 3.05) is 0 Å². The van der Waals surface area contributed by atoms with Gasteiger partial charge in [-0.2, -0.15) is 0 Å². The Balaban J connectivity index is 2.86. The predicted molar refractivity (Wildman–Crippen MR) is 74.3 cm³/mol. The van der Waals surface area contributed by atoms with Gasteiger partial charge in [-0.15, -0.1) is 0 Å². The van der Waals surface area contributed by atoms with E-state index in [2.05, 4.69) is 4.98 Å². The summed E-state index contributed by atoms with van der Waals surface area (Å²) in [5.74, 6) is -0.676. The largest absolute Gasteiger partial charge is 0.490 e. The van der Waals surface area contributed by atoms with E-state index in [4.69, 9.17) is 0 Å². The highest BCUT2D eigenvalue weighted by atomic mass is 19.1. The number of nitrogens with zero attached hydrogens (tertiary/aromatic N) is 2. The summed E-state index contributed by atoms with van der Waals surface area (Å²) >= 11 is 0. The second kappa shape index (κ2) is 4.84. The van der Waals surface area contributed by atoms with Gasteiger partial charge >= 0.3 is 7.12 Å². The van der Waals surface area contributed by atoms with Crippen LogP contribution in [0.25, 0.3) is 5.65 Å². The third-order valence-electron chi connectivity index (χ3n) is 3.16. The molecular formula is C13H18BFN2O3. The fourth-order valence-corrected chi connectivity index (χ4v) is 2.28. The summed E-state index contributed by atoms with van der Waals surface area (Å²) in [6, 6.07) is 1.03. The number of hydrogen-bond acceptors (Lipinski definition) is 4. The lowest BCUT2D eigenvalue weighted by Gasteiger charge is -2.18. The van der Waals surface area contributed by atoms with Crippen molar-refractivity contribution in [2.24, 2.45) is 0 Å². The molecule has 20 heavy (non-hydrogen) atoms. The van der Waals surface area contributed by atoms with Gasteiger partial charge in [-0.1, -0.05) is 13.8 Å². The van der Waals surface area contributed by atoms with Crippen LogP contribution in [0.4, 0.5) is 4.39 Å². The highest BCUT2D eigenvalue weighted by Crippen LogP contribution is 2.29. The third kappa shape index (κ3) is 2.44. The molecule has 0 saturated carbocycles.